The van der Waals surface area contributed by atoms with Crippen LogP contribution in [0.25, 0.3) is 0 Å². The molecular weight excluding hydrogens is 374 g/mol. The van der Waals surface area contributed by atoms with Crippen molar-refractivity contribution in [1.82, 2.24) is 4.98 Å². The molecular formula is C23H28ClNO3. The molecule has 0 saturated carbocycles. The third-order valence-corrected chi connectivity index (χ3v) is 6.33. The number of nitrogens with one attached hydrogen (secondary N) is 1. The molecule has 2 atom stereocenters. The van der Waals surface area contributed by atoms with Gasteiger partial charge in [-0.15, -0.1) is 0 Å². The Hall–Kier alpha value is -2.20. The average molecular weight is 402 g/mol. The van der Waals surface area contributed by atoms with E-state index in [1.54, 1.807) is 0 Å². The van der Waals surface area contributed by atoms with Crippen LogP contribution in [0, 0.1) is 5.41 Å². The number of hydrogen-bond donors (Lipinski definition) is 2. The summed E-state index contributed by atoms with van der Waals surface area (Å²) < 4.78 is 6.06. The molecule has 2 unspecified atom stereocenters. The molecule has 2 N–H and O–H groups in total. The molecule has 2 aliphatic rings. The molecule has 0 radical (unpaired) electrons. The number of carboxylic acid groups (broad SMARTS) is 1. The van der Waals surface area contributed by atoms with E-state index >= 15 is 0 Å². The molecule has 5 heteroatoms. The van der Waals surface area contributed by atoms with Crippen LogP contribution in [0.3, 0.4) is 0 Å². The van der Waals surface area contributed by atoms with Crippen molar-refractivity contribution < 1.29 is 14.6 Å². The van der Waals surface area contributed by atoms with Gasteiger partial charge in [-0.25, -0.2) is 0 Å². The largest absolute Gasteiger partial charge is 0.489 e. The smallest absolute Gasteiger partial charge is 0.303 e. The number of rotatable bonds is 8. The molecule has 28 heavy (non-hydrogen) atoms. The first-order chi connectivity index (χ1) is 13.4. The highest BCUT2D eigenvalue weighted by atomic mass is 35.5. The maximum atomic E-state index is 10.9. The third-order valence-electron chi connectivity index (χ3n) is 5.99. The van der Waals surface area contributed by atoms with Crippen LogP contribution in [-0.2, 0) is 21.6 Å². The summed E-state index contributed by atoms with van der Waals surface area (Å²) in [6, 6.07) is 0. The molecule has 0 fully saturated rings. The summed E-state index contributed by atoms with van der Waals surface area (Å²) in [7, 11) is 0. The number of halogens is 1. The van der Waals surface area contributed by atoms with Gasteiger partial charge in [0.15, 0.2) is 0 Å². The Morgan fingerprint density at radius 2 is 2.14 bits per heavy atom. The van der Waals surface area contributed by atoms with E-state index in [2.05, 4.69) is 55.3 Å². The second kappa shape index (κ2) is 8.44. The number of carboxylic acids is 1. The van der Waals surface area contributed by atoms with Crippen molar-refractivity contribution in [3.8, 4) is 0 Å². The molecule has 2 aliphatic carbocycles. The summed E-state index contributed by atoms with van der Waals surface area (Å²) in [4.78, 5) is 14.3. The van der Waals surface area contributed by atoms with E-state index in [1.165, 1.54) is 0 Å². The number of H-pyrrole nitrogens is 1. The van der Waals surface area contributed by atoms with Gasteiger partial charge in [-0.2, -0.15) is 0 Å². The lowest BCUT2D eigenvalue weighted by molar-refractivity contribution is -0.137. The average Bonchev–Trinajstić information content (AvgIpc) is 3.07. The van der Waals surface area contributed by atoms with Crippen molar-refractivity contribution in [3.05, 3.63) is 70.8 Å². The van der Waals surface area contributed by atoms with Crippen molar-refractivity contribution in [1.29, 1.82) is 0 Å². The van der Waals surface area contributed by atoms with Crippen molar-refractivity contribution >= 4 is 17.6 Å². The Labute approximate surface area is 171 Å². The van der Waals surface area contributed by atoms with Gasteiger partial charge in [0.25, 0.3) is 0 Å². The van der Waals surface area contributed by atoms with Gasteiger partial charge >= 0.3 is 5.97 Å². The summed E-state index contributed by atoms with van der Waals surface area (Å²) in [6.45, 7) is 4.69. The lowest BCUT2D eigenvalue weighted by atomic mass is 9.75. The van der Waals surface area contributed by atoms with E-state index in [0.717, 1.165) is 36.3 Å². The predicted octanol–water partition coefficient (Wildman–Crippen LogP) is 6.06. The van der Waals surface area contributed by atoms with Crippen molar-refractivity contribution in [2.45, 2.75) is 58.0 Å². The van der Waals surface area contributed by atoms with Crippen LogP contribution < -0.4 is 0 Å². The van der Waals surface area contributed by atoms with E-state index in [1.807, 2.05) is 12.3 Å². The summed E-state index contributed by atoms with van der Waals surface area (Å²) in [5.74, 6) is 0.0637. The second-order valence-corrected chi connectivity index (χ2v) is 8.35. The minimum atomic E-state index is -0.748. The first kappa shape index (κ1) is 20.5. The van der Waals surface area contributed by atoms with Gasteiger partial charge in [0, 0.05) is 29.3 Å². The Kier molecular flexibility index (Phi) is 6.19. The second-order valence-electron chi connectivity index (χ2n) is 7.94. The van der Waals surface area contributed by atoms with Crippen LogP contribution in [0.5, 0.6) is 0 Å². The number of allylic oxidation sites excluding steroid dienone is 7. The van der Waals surface area contributed by atoms with Gasteiger partial charge in [-0.1, -0.05) is 55.8 Å². The molecule has 0 saturated heterocycles. The molecule has 3 rings (SSSR count). The fraction of sp³-hybridized carbons (Fsp3) is 0.435. The highest BCUT2D eigenvalue weighted by Gasteiger charge is 2.30. The Balaban J connectivity index is 1.67. The summed E-state index contributed by atoms with van der Waals surface area (Å²) >= 11 is 6.44. The van der Waals surface area contributed by atoms with Gasteiger partial charge in [-0.05, 0) is 43.3 Å². The van der Waals surface area contributed by atoms with Gasteiger partial charge in [0.05, 0.1) is 5.02 Å². The quantitative estimate of drug-likeness (QED) is 0.556. The Morgan fingerprint density at radius 3 is 2.75 bits per heavy atom. The zero-order chi connectivity index (χ0) is 20.2. The van der Waals surface area contributed by atoms with Crippen molar-refractivity contribution in [2.75, 3.05) is 0 Å². The molecule has 1 aromatic rings. The van der Waals surface area contributed by atoms with Crippen LogP contribution in [0.1, 0.15) is 57.2 Å². The molecule has 1 heterocycles. The lowest BCUT2D eigenvalue weighted by Crippen LogP contribution is -2.22. The molecule has 1 aromatic heterocycles. The van der Waals surface area contributed by atoms with Gasteiger partial charge in [0.1, 0.15) is 12.4 Å². The molecule has 150 valence electrons. The number of carbonyl (C=O) groups is 1. The van der Waals surface area contributed by atoms with E-state index in [4.69, 9.17) is 21.4 Å². The lowest BCUT2D eigenvalue weighted by Gasteiger charge is -2.31. The molecule has 4 nitrogen and oxygen atoms in total. The third kappa shape index (κ3) is 4.44. The van der Waals surface area contributed by atoms with Crippen LogP contribution in [-0.4, -0.2) is 16.1 Å². The van der Waals surface area contributed by atoms with Crippen LogP contribution in [0.2, 0.25) is 5.02 Å². The fourth-order valence-electron chi connectivity index (χ4n) is 3.93. The number of aliphatic carboxylic acids is 1. The van der Waals surface area contributed by atoms with Crippen molar-refractivity contribution in [2.24, 2.45) is 5.41 Å². The number of hydrogen-bond acceptors (Lipinski definition) is 2. The van der Waals surface area contributed by atoms with Crippen LogP contribution in [0.4, 0.5) is 0 Å². The molecule has 0 bridgehead atoms. The first-order valence-corrected chi connectivity index (χ1v) is 10.2. The van der Waals surface area contributed by atoms with Crippen LogP contribution in [0.15, 0.2) is 54.5 Å². The SMILES string of the molecule is CCC1(CCC(=O)O)C=CC(OCc2c(Cl)c[nH]c2C2(C)C=CC=CC2)=CC1. The zero-order valence-corrected chi connectivity index (χ0v) is 17.3. The first-order valence-electron chi connectivity index (χ1n) is 9.82. The summed E-state index contributed by atoms with van der Waals surface area (Å²) in [6.07, 6.45) is 19.9. The normalized spacial score (nSPS) is 26.3. The van der Waals surface area contributed by atoms with Gasteiger partial charge < -0.3 is 14.8 Å². The Morgan fingerprint density at radius 1 is 1.32 bits per heavy atom. The van der Waals surface area contributed by atoms with E-state index in [9.17, 15) is 4.79 Å². The summed E-state index contributed by atoms with van der Waals surface area (Å²) in [5, 5.41) is 9.67. The van der Waals surface area contributed by atoms with Gasteiger partial charge in [0.2, 0.25) is 0 Å². The minimum absolute atomic E-state index is 0.0884. The number of aromatic nitrogens is 1. The highest BCUT2D eigenvalue weighted by Crippen LogP contribution is 2.39. The zero-order valence-electron chi connectivity index (χ0n) is 16.5. The topological polar surface area (TPSA) is 62.3 Å². The van der Waals surface area contributed by atoms with E-state index < -0.39 is 5.97 Å². The minimum Gasteiger partial charge on any atom is -0.489 e. The molecule has 0 amide bonds. The fourth-order valence-corrected chi connectivity index (χ4v) is 4.14. The number of aromatic amines is 1. The molecule has 0 aliphatic heterocycles. The van der Waals surface area contributed by atoms with Crippen LogP contribution >= 0.6 is 11.6 Å². The standard InChI is InChI=1S/C23H28ClNO3/c1-3-23(14-9-20(26)27)12-7-17(8-13-23)28-16-18-19(24)15-25-21(18)22(2)10-5-4-6-11-22/h4-8,10,12,15,25H,3,9,11,13-14,16H2,1-2H3,(H,26,27). The van der Waals surface area contributed by atoms with E-state index in [-0.39, 0.29) is 17.3 Å². The molecule has 0 spiro atoms. The van der Waals surface area contributed by atoms with Gasteiger partial charge in [-0.3, -0.25) is 4.79 Å². The Bertz CT molecular complexity index is 848. The van der Waals surface area contributed by atoms with Crippen molar-refractivity contribution in [3.63, 3.8) is 0 Å². The monoisotopic (exact) mass is 401 g/mol. The molecule has 0 aromatic carbocycles. The highest BCUT2D eigenvalue weighted by molar-refractivity contribution is 6.31. The summed E-state index contributed by atoms with van der Waals surface area (Å²) in [5.41, 5.74) is 1.86. The van der Waals surface area contributed by atoms with E-state index in [0.29, 0.717) is 18.1 Å². The maximum absolute atomic E-state index is 10.9. The number of ether oxygens (including phenoxy) is 1. The predicted molar refractivity (Wildman–Crippen MR) is 112 cm³/mol. The maximum Gasteiger partial charge on any atom is 0.303 e.